The zero-order chi connectivity index (χ0) is 19.8. The molecule has 0 aliphatic carbocycles. The van der Waals surface area contributed by atoms with Crippen molar-refractivity contribution < 1.29 is 18.0 Å². The number of halogens is 4. The van der Waals surface area contributed by atoms with Crippen LogP contribution in [0.1, 0.15) is 16.1 Å². The van der Waals surface area contributed by atoms with Crippen LogP contribution in [0, 0.1) is 0 Å². The monoisotopic (exact) mass is 393 g/mol. The van der Waals surface area contributed by atoms with Crippen LogP contribution in [-0.2, 0) is 6.18 Å². The largest absolute Gasteiger partial charge is 0.435 e. The van der Waals surface area contributed by atoms with Crippen LogP contribution < -0.4 is 0 Å². The summed E-state index contributed by atoms with van der Waals surface area (Å²) >= 11 is 6.15. The number of carbonyl (C=O) groups is 1. The average molecular weight is 394 g/mol. The van der Waals surface area contributed by atoms with Gasteiger partial charge in [-0.2, -0.15) is 18.3 Å². The van der Waals surface area contributed by atoms with E-state index in [9.17, 15) is 18.0 Å². The molecule has 0 N–H and O–H groups in total. The highest BCUT2D eigenvalue weighted by molar-refractivity contribution is 6.32. The van der Waals surface area contributed by atoms with Crippen LogP contribution in [0.15, 0.2) is 54.6 Å². The first-order valence-corrected chi connectivity index (χ1v) is 8.30. The third kappa shape index (κ3) is 3.83. The fourth-order valence-electron chi connectivity index (χ4n) is 2.57. The molecule has 0 aliphatic rings. The molecule has 0 saturated carbocycles. The maximum atomic E-state index is 13.2. The second-order valence-electron chi connectivity index (χ2n) is 6.05. The van der Waals surface area contributed by atoms with Crippen LogP contribution in [0.5, 0.6) is 0 Å². The fraction of sp³-hybridized carbons (Fsp3) is 0.158. The van der Waals surface area contributed by atoms with Crippen LogP contribution >= 0.6 is 11.6 Å². The number of para-hydroxylation sites is 1. The standard InChI is InChI=1S/C19H15ClF3N3O/c1-25(2)18(27)13-9-7-12(8-10-13)16-11-17(19(21,22)23)24-26(16)15-6-4-3-5-14(15)20/h3-11H,1-2H3. The van der Waals surface area contributed by atoms with Gasteiger partial charge in [0.05, 0.1) is 16.4 Å². The molecule has 140 valence electrons. The molecule has 3 aromatic rings. The lowest BCUT2D eigenvalue weighted by Gasteiger charge is -2.12. The molecule has 0 atom stereocenters. The SMILES string of the molecule is CN(C)C(=O)c1ccc(-c2cc(C(F)(F)F)nn2-c2ccccc2Cl)cc1. The minimum absolute atomic E-state index is 0.197. The molecule has 2 aromatic carbocycles. The van der Waals surface area contributed by atoms with Crippen molar-refractivity contribution in [2.45, 2.75) is 6.18 Å². The van der Waals surface area contributed by atoms with E-state index in [1.54, 1.807) is 62.6 Å². The third-order valence-electron chi connectivity index (χ3n) is 3.91. The molecule has 0 saturated heterocycles. The lowest BCUT2D eigenvalue weighted by molar-refractivity contribution is -0.141. The smallest absolute Gasteiger partial charge is 0.345 e. The van der Waals surface area contributed by atoms with Gasteiger partial charge < -0.3 is 4.90 Å². The number of alkyl halides is 3. The lowest BCUT2D eigenvalue weighted by Crippen LogP contribution is -2.21. The van der Waals surface area contributed by atoms with E-state index in [4.69, 9.17) is 11.6 Å². The summed E-state index contributed by atoms with van der Waals surface area (Å²) in [6, 6.07) is 13.8. The van der Waals surface area contributed by atoms with Crippen molar-refractivity contribution >= 4 is 17.5 Å². The van der Waals surface area contributed by atoms with Crippen LogP contribution in [0.25, 0.3) is 16.9 Å². The molecule has 0 aliphatic heterocycles. The summed E-state index contributed by atoms with van der Waals surface area (Å²) in [5.74, 6) is -0.197. The highest BCUT2D eigenvalue weighted by Crippen LogP contribution is 2.34. The van der Waals surface area contributed by atoms with Crippen molar-refractivity contribution in [1.82, 2.24) is 14.7 Å². The molecule has 0 unspecified atom stereocenters. The number of amides is 1. The molecule has 3 rings (SSSR count). The summed E-state index contributed by atoms with van der Waals surface area (Å²) in [5.41, 5.74) is 0.445. The first kappa shape index (κ1) is 19.0. The Labute approximate surface area is 158 Å². The van der Waals surface area contributed by atoms with Gasteiger partial charge in [0.1, 0.15) is 0 Å². The number of carbonyl (C=O) groups excluding carboxylic acids is 1. The van der Waals surface area contributed by atoms with Gasteiger partial charge in [-0.3, -0.25) is 4.79 Å². The quantitative estimate of drug-likeness (QED) is 0.634. The van der Waals surface area contributed by atoms with Crippen LogP contribution in [0.2, 0.25) is 5.02 Å². The van der Waals surface area contributed by atoms with Gasteiger partial charge in [0, 0.05) is 25.2 Å². The third-order valence-corrected chi connectivity index (χ3v) is 4.23. The van der Waals surface area contributed by atoms with Gasteiger partial charge in [0.2, 0.25) is 0 Å². The van der Waals surface area contributed by atoms with Crippen molar-refractivity contribution in [3.8, 4) is 16.9 Å². The normalized spacial score (nSPS) is 11.5. The molecule has 4 nitrogen and oxygen atoms in total. The molecule has 1 amide bonds. The van der Waals surface area contributed by atoms with Crippen molar-refractivity contribution in [1.29, 1.82) is 0 Å². The van der Waals surface area contributed by atoms with E-state index in [-0.39, 0.29) is 16.6 Å². The Morgan fingerprint density at radius 1 is 1.07 bits per heavy atom. The Hall–Kier alpha value is -2.80. The maximum absolute atomic E-state index is 13.2. The minimum Gasteiger partial charge on any atom is -0.345 e. The van der Waals surface area contributed by atoms with Gasteiger partial charge in [-0.15, -0.1) is 0 Å². The number of hydrogen-bond donors (Lipinski definition) is 0. The maximum Gasteiger partial charge on any atom is 0.435 e. The molecule has 1 heterocycles. The number of hydrogen-bond acceptors (Lipinski definition) is 2. The minimum atomic E-state index is -4.60. The average Bonchev–Trinajstić information content (AvgIpc) is 3.07. The molecule has 1 aromatic heterocycles. The van der Waals surface area contributed by atoms with Crippen molar-refractivity contribution in [2.24, 2.45) is 0 Å². The van der Waals surface area contributed by atoms with E-state index in [1.165, 1.54) is 4.90 Å². The topological polar surface area (TPSA) is 38.1 Å². The van der Waals surface area contributed by atoms with Gasteiger partial charge >= 0.3 is 6.18 Å². The summed E-state index contributed by atoms with van der Waals surface area (Å²) in [7, 11) is 3.25. The van der Waals surface area contributed by atoms with E-state index in [2.05, 4.69) is 5.10 Å². The van der Waals surface area contributed by atoms with Crippen molar-refractivity contribution in [3.05, 3.63) is 70.9 Å². The first-order chi connectivity index (χ1) is 12.7. The summed E-state index contributed by atoms with van der Waals surface area (Å²) in [6.45, 7) is 0. The van der Waals surface area contributed by atoms with E-state index >= 15 is 0 Å². The Morgan fingerprint density at radius 2 is 1.70 bits per heavy atom. The highest BCUT2D eigenvalue weighted by Gasteiger charge is 2.35. The molecule has 0 radical (unpaired) electrons. The van der Waals surface area contributed by atoms with Crippen LogP contribution in [0.4, 0.5) is 13.2 Å². The zero-order valence-electron chi connectivity index (χ0n) is 14.5. The summed E-state index contributed by atoms with van der Waals surface area (Å²) in [5, 5.41) is 3.98. The molecule has 0 bridgehead atoms. The number of benzene rings is 2. The van der Waals surface area contributed by atoms with E-state index in [0.29, 0.717) is 16.8 Å². The number of nitrogens with zero attached hydrogens (tertiary/aromatic N) is 3. The van der Waals surface area contributed by atoms with Gasteiger partial charge in [0.15, 0.2) is 5.69 Å². The molecular formula is C19H15ClF3N3O. The second kappa shape index (κ2) is 7.08. The van der Waals surface area contributed by atoms with Gasteiger partial charge in [-0.25, -0.2) is 4.68 Å². The van der Waals surface area contributed by atoms with E-state index < -0.39 is 11.9 Å². The fourth-order valence-corrected chi connectivity index (χ4v) is 2.79. The Bertz CT molecular complexity index is 979. The zero-order valence-corrected chi connectivity index (χ0v) is 15.2. The number of rotatable bonds is 3. The molecule has 0 fully saturated rings. The van der Waals surface area contributed by atoms with Gasteiger partial charge in [-0.05, 0) is 30.3 Å². The molecular weight excluding hydrogens is 379 g/mol. The first-order valence-electron chi connectivity index (χ1n) is 7.92. The van der Waals surface area contributed by atoms with E-state index in [1.807, 2.05) is 0 Å². The second-order valence-corrected chi connectivity index (χ2v) is 6.46. The highest BCUT2D eigenvalue weighted by atomic mass is 35.5. The predicted octanol–water partition coefficient (Wildman–Crippen LogP) is 4.91. The van der Waals surface area contributed by atoms with Crippen LogP contribution in [0.3, 0.4) is 0 Å². The Morgan fingerprint density at radius 3 is 2.26 bits per heavy atom. The molecule has 0 spiro atoms. The lowest BCUT2D eigenvalue weighted by atomic mass is 10.1. The number of aromatic nitrogens is 2. The van der Waals surface area contributed by atoms with Crippen molar-refractivity contribution in [2.75, 3.05) is 14.1 Å². The van der Waals surface area contributed by atoms with Crippen LogP contribution in [-0.4, -0.2) is 34.7 Å². The van der Waals surface area contributed by atoms with Crippen molar-refractivity contribution in [3.63, 3.8) is 0 Å². The summed E-state index contributed by atoms with van der Waals surface area (Å²) in [6.07, 6.45) is -4.60. The molecule has 8 heteroatoms. The predicted molar refractivity (Wildman–Crippen MR) is 97.0 cm³/mol. The summed E-state index contributed by atoms with van der Waals surface area (Å²) < 4.78 is 40.8. The Kier molecular flexibility index (Phi) is 4.97. The van der Waals surface area contributed by atoms with Gasteiger partial charge in [-0.1, -0.05) is 35.9 Å². The Balaban J connectivity index is 2.13. The summed E-state index contributed by atoms with van der Waals surface area (Å²) in [4.78, 5) is 13.4. The van der Waals surface area contributed by atoms with E-state index in [0.717, 1.165) is 10.7 Å². The van der Waals surface area contributed by atoms with Gasteiger partial charge in [0.25, 0.3) is 5.91 Å². The molecule has 27 heavy (non-hydrogen) atoms.